The summed E-state index contributed by atoms with van der Waals surface area (Å²) >= 11 is 0. The predicted molar refractivity (Wildman–Crippen MR) is 82.5 cm³/mol. The van der Waals surface area contributed by atoms with Gasteiger partial charge in [0.1, 0.15) is 0 Å². The smallest absolute Gasteiger partial charge is 0.0593 e. The van der Waals surface area contributed by atoms with Crippen molar-refractivity contribution in [2.24, 2.45) is 17.8 Å². The summed E-state index contributed by atoms with van der Waals surface area (Å²) in [5.41, 5.74) is 0. The molecule has 1 N–H and O–H groups in total. The van der Waals surface area contributed by atoms with Crippen LogP contribution in [0.5, 0.6) is 0 Å². The van der Waals surface area contributed by atoms with Crippen LogP contribution in [0.2, 0.25) is 0 Å². The quantitative estimate of drug-likeness (QED) is 0.652. The van der Waals surface area contributed by atoms with E-state index in [0.717, 1.165) is 38.1 Å². The maximum atomic E-state index is 5.69. The van der Waals surface area contributed by atoms with E-state index >= 15 is 0 Å². The molecule has 1 saturated heterocycles. The molecule has 0 aliphatic carbocycles. The minimum atomic E-state index is 0.648. The highest BCUT2D eigenvalue weighted by Crippen LogP contribution is 2.15. The molecule has 0 radical (unpaired) electrons. The summed E-state index contributed by atoms with van der Waals surface area (Å²) in [6, 6.07) is 0. The van der Waals surface area contributed by atoms with Gasteiger partial charge in [0.05, 0.1) is 6.61 Å². The molecular weight excluding hydrogens is 236 g/mol. The average molecular weight is 270 g/mol. The molecule has 0 spiro atoms. The van der Waals surface area contributed by atoms with Crippen LogP contribution in [0.4, 0.5) is 0 Å². The van der Waals surface area contributed by atoms with Gasteiger partial charge in [0.15, 0.2) is 0 Å². The van der Waals surface area contributed by atoms with Crippen LogP contribution in [0.25, 0.3) is 0 Å². The number of nitrogens with one attached hydrogen (secondary N) is 1. The molecule has 0 aromatic heterocycles. The lowest BCUT2D eigenvalue weighted by molar-refractivity contribution is 0.0709. The summed E-state index contributed by atoms with van der Waals surface area (Å²) in [5, 5.41) is 3.60. The third kappa shape index (κ3) is 8.61. The largest absolute Gasteiger partial charge is 0.380 e. The van der Waals surface area contributed by atoms with Crippen molar-refractivity contribution in [3.05, 3.63) is 0 Å². The zero-order valence-electron chi connectivity index (χ0n) is 13.5. The summed E-state index contributed by atoms with van der Waals surface area (Å²) in [4.78, 5) is 2.57. The van der Waals surface area contributed by atoms with E-state index in [1.54, 1.807) is 0 Å². The van der Waals surface area contributed by atoms with Gasteiger partial charge in [0.25, 0.3) is 0 Å². The lowest BCUT2D eigenvalue weighted by Gasteiger charge is -2.33. The molecule has 1 atom stereocenters. The first-order valence-electron chi connectivity index (χ1n) is 8.08. The highest BCUT2D eigenvalue weighted by Gasteiger charge is 2.19. The molecule has 0 aromatic carbocycles. The van der Waals surface area contributed by atoms with Crippen LogP contribution in [-0.4, -0.2) is 50.8 Å². The fourth-order valence-corrected chi connectivity index (χ4v) is 2.61. The van der Waals surface area contributed by atoms with Crippen LogP contribution >= 0.6 is 0 Å². The molecule has 1 aliphatic rings. The Morgan fingerprint density at radius 3 is 2.68 bits per heavy atom. The van der Waals surface area contributed by atoms with Crippen LogP contribution < -0.4 is 5.32 Å². The van der Waals surface area contributed by atoms with Gasteiger partial charge in [-0.1, -0.05) is 27.7 Å². The molecule has 1 heterocycles. The van der Waals surface area contributed by atoms with Crippen LogP contribution in [-0.2, 0) is 4.74 Å². The van der Waals surface area contributed by atoms with Crippen molar-refractivity contribution in [3.8, 4) is 0 Å². The zero-order chi connectivity index (χ0) is 14.1. The Morgan fingerprint density at radius 2 is 2.00 bits per heavy atom. The van der Waals surface area contributed by atoms with Crippen molar-refractivity contribution < 1.29 is 4.74 Å². The first-order chi connectivity index (χ1) is 9.08. The van der Waals surface area contributed by atoms with E-state index in [9.17, 15) is 0 Å². The Hall–Kier alpha value is -0.120. The fourth-order valence-electron chi connectivity index (χ4n) is 2.61. The molecular formula is C16H34N2O. The zero-order valence-corrected chi connectivity index (χ0v) is 13.5. The highest BCUT2D eigenvalue weighted by atomic mass is 16.5. The summed E-state index contributed by atoms with van der Waals surface area (Å²) in [6.45, 7) is 16.7. The minimum absolute atomic E-state index is 0.648. The van der Waals surface area contributed by atoms with E-state index in [4.69, 9.17) is 4.74 Å². The second-order valence-electron chi connectivity index (χ2n) is 6.83. The van der Waals surface area contributed by atoms with Gasteiger partial charge in [0.2, 0.25) is 0 Å². The lowest BCUT2D eigenvalue weighted by atomic mass is 9.98. The summed E-state index contributed by atoms with van der Waals surface area (Å²) in [5.74, 6) is 2.23. The molecule has 19 heavy (non-hydrogen) atoms. The number of nitrogens with zero attached hydrogens (tertiary/aromatic N) is 1. The van der Waals surface area contributed by atoms with Gasteiger partial charge in [-0.2, -0.15) is 0 Å². The number of ether oxygens (including phenoxy) is 1. The maximum Gasteiger partial charge on any atom is 0.0593 e. The van der Waals surface area contributed by atoms with Gasteiger partial charge in [-0.15, -0.1) is 0 Å². The molecule has 114 valence electrons. The normalized spacial score (nSPS) is 21.5. The van der Waals surface area contributed by atoms with Crippen LogP contribution in [0.15, 0.2) is 0 Å². The Kier molecular flexibility index (Phi) is 8.67. The Labute approximate surface area is 120 Å². The third-order valence-electron chi connectivity index (χ3n) is 3.59. The van der Waals surface area contributed by atoms with Gasteiger partial charge in [-0.05, 0) is 50.2 Å². The van der Waals surface area contributed by atoms with Crippen LogP contribution in [0, 0.1) is 17.8 Å². The molecule has 0 bridgehead atoms. The van der Waals surface area contributed by atoms with Crippen molar-refractivity contribution in [2.75, 3.05) is 45.9 Å². The number of hydrogen-bond acceptors (Lipinski definition) is 3. The molecule has 0 saturated carbocycles. The first kappa shape index (κ1) is 16.9. The summed E-state index contributed by atoms with van der Waals surface area (Å²) < 4.78 is 5.69. The van der Waals surface area contributed by atoms with E-state index in [-0.39, 0.29) is 0 Å². The van der Waals surface area contributed by atoms with Gasteiger partial charge in [0, 0.05) is 19.7 Å². The van der Waals surface area contributed by atoms with Crippen molar-refractivity contribution in [1.82, 2.24) is 10.2 Å². The summed E-state index contributed by atoms with van der Waals surface area (Å²) in [7, 11) is 0. The lowest BCUT2D eigenvalue weighted by Crippen LogP contribution is -2.41. The van der Waals surface area contributed by atoms with E-state index in [2.05, 4.69) is 37.9 Å². The molecule has 1 unspecified atom stereocenters. The number of likely N-dealkylation sites (tertiary alicyclic amines) is 1. The van der Waals surface area contributed by atoms with E-state index in [0.29, 0.717) is 5.92 Å². The van der Waals surface area contributed by atoms with E-state index in [1.165, 1.54) is 32.5 Å². The Morgan fingerprint density at radius 1 is 1.21 bits per heavy atom. The highest BCUT2D eigenvalue weighted by molar-refractivity contribution is 4.74. The standard InChI is InChI=1S/C16H34N2O/c1-14(2)10-17-11-16-6-5-7-18(12-16)8-9-19-13-15(3)4/h14-17H,5-13H2,1-4H3. The van der Waals surface area contributed by atoms with Gasteiger partial charge in [-0.3, -0.25) is 0 Å². The molecule has 0 amide bonds. The number of piperidine rings is 1. The summed E-state index contributed by atoms with van der Waals surface area (Å²) in [6.07, 6.45) is 2.73. The third-order valence-corrected chi connectivity index (χ3v) is 3.59. The fraction of sp³-hybridized carbons (Fsp3) is 1.00. The molecule has 0 aromatic rings. The molecule has 1 fully saturated rings. The van der Waals surface area contributed by atoms with Crippen LogP contribution in [0.1, 0.15) is 40.5 Å². The molecule has 1 rings (SSSR count). The molecule has 3 nitrogen and oxygen atoms in total. The monoisotopic (exact) mass is 270 g/mol. The number of hydrogen-bond donors (Lipinski definition) is 1. The second kappa shape index (κ2) is 9.73. The number of rotatable bonds is 9. The predicted octanol–water partition coefficient (Wildman–Crippen LogP) is 2.62. The SMILES string of the molecule is CC(C)CNCC1CCCN(CCOCC(C)C)C1. The molecule has 1 aliphatic heterocycles. The maximum absolute atomic E-state index is 5.69. The minimum Gasteiger partial charge on any atom is -0.380 e. The van der Waals surface area contributed by atoms with Crippen molar-refractivity contribution in [3.63, 3.8) is 0 Å². The van der Waals surface area contributed by atoms with Crippen molar-refractivity contribution in [1.29, 1.82) is 0 Å². The van der Waals surface area contributed by atoms with Gasteiger partial charge in [-0.25, -0.2) is 0 Å². The van der Waals surface area contributed by atoms with Crippen molar-refractivity contribution in [2.45, 2.75) is 40.5 Å². The first-order valence-corrected chi connectivity index (χ1v) is 8.08. The van der Waals surface area contributed by atoms with Crippen LogP contribution in [0.3, 0.4) is 0 Å². The van der Waals surface area contributed by atoms with E-state index in [1.807, 2.05) is 0 Å². The van der Waals surface area contributed by atoms with Gasteiger partial charge >= 0.3 is 0 Å². The van der Waals surface area contributed by atoms with Crippen molar-refractivity contribution >= 4 is 0 Å². The average Bonchev–Trinajstić information content (AvgIpc) is 2.34. The topological polar surface area (TPSA) is 24.5 Å². The van der Waals surface area contributed by atoms with Gasteiger partial charge < -0.3 is 15.0 Å². The molecule has 3 heteroatoms. The second-order valence-corrected chi connectivity index (χ2v) is 6.83. The Bertz CT molecular complexity index is 219. The van der Waals surface area contributed by atoms with E-state index < -0.39 is 0 Å². The Balaban J connectivity index is 2.08.